The van der Waals surface area contributed by atoms with Crippen molar-refractivity contribution in [2.45, 2.75) is 51.4 Å². The summed E-state index contributed by atoms with van der Waals surface area (Å²) >= 11 is 0. The summed E-state index contributed by atoms with van der Waals surface area (Å²) in [7, 11) is 0. The van der Waals surface area contributed by atoms with Gasteiger partial charge in [-0.3, -0.25) is 0 Å². The first-order chi connectivity index (χ1) is 8.63. The molecule has 2 heteroatoms. The van der Waals surface area contributed by atoms with Crippen molar-refractivity contribution in [2.24, 2.45) is 5.73 Å². The molecule has 2 nitrogen and oxygen atoms in total. The Labute approximate surface area is 111 Å². The van der Waals surface area contributed by atoms with Crippen LogP contribution in [-0.4, -0.2) is 13.2 Å². The Morgan fingerprint density at radius 1 is 1.17 bits per heavy atom. The van der Waals surface area contributed by atoms with Gasteiger partial charge in [-0.15, -0.1) is 0 Å². The minimum absolute atomic E-state index is 0.172. The van der Waals surface area contributed by atoms with E-state index >= 15 is 0 Å². The molecular weight excluding hydrogens is 222 g/mol. The standard InChI is InChI=1S/C16H25NO/c1-16(2)12-18-15-9-8-13(11-14(15)16)7-5-3-4-6-10-17/h8-9,11H,3-7,10,12,17H2,1-2H3. The van der Waals surface area contributed by atoms with E-state index in [1.807, 2.05) is 0 Å². The molecule has 2 N–H and O–H groups in total. The number of fused-ring (bicyclic) bond motifs is 1. The summed E-state index contributed by atoms with van der Waals surface area (Å²) < 4.78 is 5.71. The second kappa shape index (κ2) is 5.75. The Morgan fingerprint density at radius 3 is 2.72 bits per heavy atom. The van der Waals surface area contributed by atoms with Crippen LogP contribution in [0.1, 0.15) is 50.7 Å². The van der Waals surface area contributed by atoms with E-state index < -0.39 is 0 Å². The van der Waals surface area contributed by atoms with Gasteiger partial charge < -0.3 is 10.5 Å². The number of rotatable bonds is 6. The summed E-state index contributed by atoms with van der Waals surface area (Å²) in [5, 5.41) is 0. The average molecular weight is 247 g/mol. The Kier molecular flexibility index (Phi) is 4.28. The third-order valence-electron chi connectivity index (χ3n) is 3.78. The Balaban J connectivity index is 1.91. The van der Waals surface area contributed by atoms with Crippen LogP contribution >= 0.6 is 0 Å². The van der Waals surface area contributed by atoms with Crippen molar-refractivity contribution in [1.82, 2.24) is 0 Å². The minimum atomic E-state index is 0.172. The first-order valence-electron chi connectivity index (χ1n) is 7.10. The maximum absolute atomic E-state index is 5.71. The molecule has 0 atom stereocenters. The molecule has 1 aliphatic rings. The minimum Gasteiger partial charge on any atom is -0.492 e. The average Bonchev–Trinajstić information content (AvgIpc) is 2.65. The lowest BCUT2D eigenvalue weighted by Gasteiger charge is -2.15. The molecule has 0 aromatic heterocycles. The van der Waals surface area contributed by atoms with Gasteiger partial charge in [0.1, 0.15) is 5.75 Å². The maximum Gasteiger partial charge on any atom is 0.123 e. The molecule has 18 heavy (non-hydrogen) atoms. The molecule has 0 saturated carbocycles. The monoisotopic (exact) mass is 247 g/mol. The van der Waals surface area contributed by atoms with Crippen LogP contribution in [0.3, 0.4) is 0 Å². The predicted octanol–water partition coefficient (Wildman–Crippen LogP) is 3.42. The number of nitrogens with two attached hydrogens (primary N) is 1. The molecule has 1 aromatic rings. The van der Waals surface area contributed by atoms with Crippen molar-refractivity contribution in [3.05, 3.63) is 29.3 Å². The van der Waals surface area contributed by atoms with Crippen molar-refractivity contribution in [3.63, 3.8) is 0 Å². The number of hydrogen-bond acceptors (Lipinski definition) is 2. The molecule has 0 spiro atoms. The molecule has 1 aromatic carbocycles. The van der Waals surface area contributed by atoms with Gasteiger partial charge in [-0.05, 0) is 37.4 Å². The summed E-state index contributed by atoms with van der Waals surface area (Å²) in [6.07, 6.45) is 6.14. The van der Waals surface area contributed by atoms with Crippen LogP contribution < -0.4 is 10.5 Å². The smallest absolute Gasteiger partial charge is 0.123 e. The van der Waals surface area contributed by atoms with E-state index in [0.717, 1.165) is 25.3 Å². The van der Waals surface area contributed by atoms with Crippen LogP contribution in [0.25, 0.3) is 0 Å². The van der Waals surface area contributed by atoms with Crippen LogP contribution in [0.5, 0.6) is 5.75 Å². The fourth-order valence-electron chi connectivity index (χ4n) is 2.55. The highest BCUT2D eigenvalue weighted by molar-refractivity contribution is 5.45. The number of ether oxygens (including phenoxy) is 1. The van der Waals surface area contributed by atoms with Crippen molar-refractivity contribution < 1.29 is 4.74 Å². The summed E-state index contributed by atoms with van der Waals surface area (Å²) in [4.78, 5) is 0. The van der Waals surface area contributed by atoms with E-state index in [0.29, 0.717) is 0 Å². The van der Waals surface area contributed by atoms with E-state index in [4.69, 9.17) is 10.5 Å². The topological polar surface area (TPSA) is 35.2 Å². The Bertz CT molecular complexity index is 398. The zero-order chi connectivity index (χ0) is 13.0. The SMILES string of the molecule is CC1(C)COc2ccc(CCCCCCN)cc21. The van der Waals surface area contributed by atoms with E-state index in [1.54, 1.807) is 0 Å². The molecule has 0 radical (unpaired) electrons. The zero-order valence-electron chi connectivity index (χ0n) is 11.7. The molecule has 1 heterocycles. The summed E-state index contributed by atoms with van der Waals surface area (Å²) in [5.41, 5.74) is 8.49. The largest absolute Gasteiger partial charge is 0.492 e. The molecule has 100 valence electrons. The highest BCUT2D eigenvalue weighted by atomic mass is 16.5. The highest BCUT2D eigenvalue weighted by Crippen LogP contribution is 2.38. The fraction of sp³-hybridized carbons (Fsp3) is 0.625. The quantitative estimate of drug-likeness (QED) is 0.782. The Hall–Kier alpha value is -1.02. The van der Waals surface area contributed by atoms with Gasteiger partial charge in [0.25, 0.3) is 0 Å². The van der Waals surface area contributed by atoms with Gasteiger partial charge in [0.05, 0.1) is 6.61 Å². The highest BCUT2D eigenvalue weighted by Gasteiger charge is 2.31. The molecule has 2 rings (SSSR count). The van der Waals surface area contributed by atoms with Crippen molar-refractivity contribution in [3.8, 4) is 5.75 Å². The number of hydrogen-bond donors (Lipinski definition) is 1. The molecule has 0 amide bonds. The van der Waals surface area contributed by atoms with Gasteiger partial charge in [-0.25, -0.2) is 0 Å². The summed E-state index contributed by atoms with van der Waals surface area (Å²) in [5.74, 6) is 1.08. The van der Waals surface area contributed by atoms with E-state index in [2.05, 4.69) is 32.0 Å². The number of unbranched alkanes of at least 4 members (excludes halogenated alkanes) is 3. The lowest BCUT2D eigenvalue weighted by atomic mass is 9.85. The van der Waals surface area contributed by atoms with Crippen LogP contribution in [-0.2, 0) is 11.8 Å². The second-order valence-electron chi connectivity index (χ2n) is 5.96. The second-order valence-corrected chi connectivity index (χ2v) is 5.96. The Morgan fingerprint density at radius 2 is 1.94 bits per heavy atom. The van der Waals surface area contributed by atoms with Crippen molar-refractivity contribution in [1.29, 1.82) is 0 Å². The van der Waals surface area contributed by atoms with Gasteiger partial charge in [0, 0.05) is 11.0 Å². The lowest BCUT2D eigenvalue weighted by Crippen LogP contribution is -2.18. The third-order valence-corrected chi connectivity index (χ3v) is 3.78. The molecule has 0 fully saturated rings. The fourth-order valence-corrected chi connectivity index (χ4v) is 2.55. The zero-order valence-corrected chi connectivity index (χ0v) is 11.7. The molecule has 0 unspecified atom stereocenters. The normalized spacial score (nSPS) is 16.4. The van der Waals surface area contributed by atoms with Crippen LogP contribution in [0.2, 0.25) is 0 Å². The van der Waals surface area contributed by atoms with Crippen LogP contribution in [0.15, 0.2) is 18.2 Å². The summed E-state index contributed by atoms with van der Waals surface area (Å²) in [6, 6.07) is 6.69. The van der Waals surface area contributed by atoms with Crippen molar-refractivity contribution in [2.75, 3.05) is 13.2 Å². The van der Waals surface area contributed by atoms with Crippen LogP contribution in [0.4, 0.5) is 0 Å². The molecule has 0 saturated heterocycles. The lowest BCUT2D eigenvalue weighted by molar-refractivity contribution is 0.291. The number of benzene rings is 1. The van der Waals surface area contributed by atoms with Crippen molar-refractivity contribution >= 4 is 0 Å². The maximum atomic E-state index is 5.71. The van der Waals surface area contributed by atoms with Gasteiger partial charge >= 0.3 is 0 Å². The molecule has 1 aliphatic heterocycles. The molecule has 0 aliphatic carbocycles. The predicted molar refractivity (Wildman–Crippen MR) is 76.2 cm³/mol. The van der Waals surface area contributed by atoms with Gasteiger partial charge in [0.15, 0.2) is 0 Å². The van der Waals surface area contributed by atoms with Crippen LogP contribution in [0, 0.1) is 0 Å². The van der Waals surface area contributed by atoms with Gasteiger partial charge in [0.2, 0.25) is 0 Å². The summed E-state index contributed by atoms with van der Waals surface area (Å²) in [6.45, 7) is 6.14. The van der Waals surface area contributed by atoms with E-state index in [9.17, 15) is 0 Å². The first-order valence-corrected chi connectivity index (χ1v) is 7.10. The number of aryl methyl sites for hydroxylation is 1. The van der Waals surface area contributed by atoms with Gasteiger partial charge in [-0.1, -0.05) is 38.8 Å². The molecular formula is C16H25NO. The first kappa shape index (κ1) is 13.4. The van der Waals surface area contributed by atoms with E-state index in [-0.39, 0.29) is 5.41 Å². The van der Waals surface area contributed by atoms with Gasteiger partial charge in [-0.2, -0.15) is 0 Å². The van der Waals surface area contributed by atoms with E-state index in [1.165, 1.54) is 36.8 Å². The third kappa shape index (κ3) is 3.05. The molecule has 0 bridgehead atoms.